The first-order valence-electron chi connectivity index (χ1n) is 4.73. The fraction of sp³-hybridized carbons (Fsp3) is 0.273. The van der Waals surface area contributed by atoms with Gasteiger partial charge in [-0.25, -0.2) is 0 Å². The molecule has 5 heteroatoms. The lowest BCUT2D eigenvalue weighted by atomic mass is 10.2. The highest BCUT2D eigenvalue weighted by molar-refractivity contribution is 6.32. The van der Waals surface area contributed by atoms with E-state index in [2.05, 4.69) is 0 Å². The molecule has 0 amide bonds. The van der Waals surface area contributed by atoms with Crippen LogP contribution in [0.25, 0.3) is 0 Å². The second-order valence-electron chi connectivity index (χ2n) is 3.15. The van der Waals surface area contributed by atoms with E-state index >= 15 is 0 Å². The van der Waals surface area contributed by atoms with Gasteiger partial charge in [-0.05, 0) is 24.6 Å². The molecule has 0 spiro atoms. The third kappa shape index (κ3) is 3.90. The van der Waals surface area contributed by atoms with Gasteiger partial charge in [0.15, 0.2) is 0 Å². The molecule has 0 aliphatic carbocycles. The summed E-state index contributed by atoms with van der Waals surface area (Å²) in [6, 6.07) is 4.68. The molecule has 1 N–H and O–H groups in total. The zero-order valence-electron chi connectivity index (χ0n) is 8.48. The van der Waals surface area contributed by atoms with Crippen molar-refractivity contribution in [3.05, 3.63) is 28.8 Å². The van der Waals surface area contributed by atoms with E-state index in [0.29, 0.717) is 29.0 Å². The summed E-state index contributed by atoms with van der Waals surface area (Å²) in [5.74, 6) is -0.399. The predicted octanol–water partition coefficient (Wildman–Crippen LogP) is 2.40. The van der Waals surface area contributed by atoms with Crippen molar-refractivity contribution in [3.8, 4) is 5.75 Å². The van der Waals surface area contributed by atoms with Crippen molar-refractivity contribution in [1.29, 1.82) is 0 Å². The summed E-state index contributed by atoms with van der Waals surface area (Å²) >= 11 is 5.85. The fourth-order valence-electron chi connectivity index (χ4n) is 1.11. The van der Waals surface area contributed by atoms with Crippen LogP contribution in [-0.4, -0.2) is 24.0 Å². The van der Waals surface area contributed by atoms with E-state index in [-0.39, 0.29) is 13.0 Å². The van der Waals surface area contributed by atoms with E-state index in [4.69, 9.17) is 21.4 Å². The molecule has 0 saturated heterocycles. The Kier molecular flexibility index (Phi) is 4.79. The van der Waals surface area contributed by atoms with Crippen LogP contribution in [0.2, 0.25) is 5.02 Å². The molecule has 0 aliphatic rings. The molecular formula is C11H11ClO4. The molecule has 0 bridgehead atoms. The quantitative estimate of drug-likeness (QED) is 0.615. The molecular weight excluding hydrogens is 232 g/mol. The van der Waals surface area contributed by atoms with Gasteiger partial charge in [-0.15, -0.1) is 0 Å². The van der Waals surface area contributed by atoms with Gasteiger partial charge in [-0.3, -0.25) is 9.59 Å². The number of benzene rings is 1. The minimum atomic E-state index is -0.856. The monoisotopic (exact) mass is 242 g/mol. The van der Waals surface area contributed by atoms with Gasteiger partial charge < -0.3 is 9.84 Å². The van der Waals surface area contributed by atoms with Crippen LogP contribution in [0.4, 0.5) is 0 Å². The zero-order chi connectivity index (χ0) is 12.0. The highest BCUT2D eigenvalue weighted by Gasteiger charge is 2.03. The molecule has 0 heterocycles. The minimum absolute atomic E-state index is 0.0596. The molecule has 1 rings (SSSR count). The fourth-order valence-corrected chi connectivity index (χ4v) is 1.36. The van der Waals surface area contributed by atoms with Crippen molar-refractivity contribution in [2.75, 3.05) is 6.61 Å². The van der Waals surface area contributed by atoms with Gasteiger partial charge in [0, 0.05) is 12.0 Å². The minimum Gasteiger partial charge on any atom is -0.492 e. The van der Waals surface area contributed by atoms with Gasteiger partial charge in [0.2, 0.25) is 0 Å². The van der Waals surface area contributed by atoms with Crippen molar-refractivity contribution in [2.24, 2.45) is 0 Å². The van der Waals surface area contributed by atoms with Crippen LogP contribution in [0, 0.1) is 0 Å². The van der Waals surface area contributed by atoms with E-state index in [9.17, 15) is 9.59 Å². The number of carbonyl (C=O) groups excluding carboxylic acids is 1. The standard InChI is InChI=1S/C11H11ClO4/c12-9-6-8(7-13)3-4-10(9)16-5-1-2-11(14)15/h3-4,6-7H,1-2,5H2,(H,14,15). The number of ether oxygens (including phenoxy) is 1. The lowest BCUT2D eigenvalue weighted by Crippen LogP contribution is -2.02. The van der Waals surface area contributed by atoms with Crippen LogP contribution in [0.5, 0.6) is 5.75 Å². The van der Waals surface area contributed by atoms with Gasteiger partial charge in [-0.1, -0.05) is 11.6 Å². The summed E-state index contributed by atoms with van der Waals surface area (Å²) in [7, 11) is 0. The summed E-state index contributed by atoms with van der Waals surface area (Å²) in [5.41, 5.74) is 0.475. The van der Waals surface area contributed by atoms with Crippen molar-refractivity contribution in [2.45, 2.75) is 12.8 Å². The Morgan fingerprint density at radius 1 is 1.50 bits per heavy atom. The number of carboxylic acid groups (broad SMARTS) is 1. The highest BCUT2D eigenvalue weighted by Crippen LogP contribution is 2.25. The van der Waals surface area contributed by atoms with Crippen LogP contribution in [0.1, 0.15) is 23.2 Å². The Balaban J connectivity index is 2.48. The molecule has 86 valence electrons. The summed E-state index contributed by atoms with van der Waals surface area (Å²) in [4.78, 5) is 20.7. The average molecular weight is 243 g/mol. The SMILES string of the molecule is O=Cc1ccc(OCCCC(=O)O)c(Cl)c1. The summed E-state index contributed by atoms with van der Waals surface area (Å²) < 4.78 is 5.28. The van der Waals surface area contributed by atoms with Gasteiger partial charge >= 0.3 is 5.97 Å². The summed E-state index contributed by atoms with van der Waals surface area (Å²) in [6.07, 6.45) is 1.17. The topological polar surface area (TPSA) is 63.6 Å². The Bertz CT molecular complexity index is 390. The average Bonchev–Trinajstić information content (AvgIpc) is 2.25. The van der Waals surface area contributed by atoms with Crippen molar-refractivity contribution >= 4 is 23.9 Å². The van der Waals surface area contributed by atoms with Gasteiger partial charge in [0.25, 0.3) is 0 Å². The van der Waals surface area contributed by atoms with Crippen LogP contribution in [0.15, 0.2) is 18.2 Å². The van der Waals surface area contributed by atoms with Crippen LogP contribution in [0.3, 0.4) is 0 Å². The number of hydrogen-bond acceptors (Lipinski definition) is 3. The van der Waals surface area contributed by atoms with Crippen LogP contribution >= 0.6 is 11.6 Å². The maximum absolute atomic E-state index is 10.4. The van der Waals surface area contributed by atoms with E-state index in [1.807, 2.05) is 0 Å². The molecule has 0 atom stereocenters. The second kappa shape index (κ2) is 6.12. The lowest BCUT2D eigenvalue weighted by Gasteiger charge is -2.07. The van der Waals surface area contributed by atoms with E-state index < -0.39 is 5.97 Å². The third-order valence-electron chi connectivity index (χ3n) is 1.88. The molecule has 0 aromatic heterocycles. The van der Waals surface area contributed by atoms with Crippen molar-refractivity contribution in [1.82, 2.24) is 0 Å². The number of halogens is 1. The van der Waals surface area contributed by atoms with Crippen molar-refractivity contribution in [3.63, 3.8) is 0 Å². The third-order valence-corrected chi connectivity index (χ3v) is 2.18. The first kappa shape index (κ1) is 12.5. The smallest absolute Gasteiger partial charge is 0.303 e. The first-order chi connectivity index (χ1) is 7.63. The lowest BCUT2D eigenvalue weighted by molar-refractivity contribution is -0.137. The van der Waals surface area contributed by atoms with Crippen LogP contribution in [-0.2, 0) is 4.79 Å². The van der Waals surface area contributed by atoms with E-state index in [1.54, 1.807) is 12.1 Å². The maximum Gasteiger partial charge on any atom is 0.303 e. The summed E-state index contributed by atoms with van der Waals surface area (Å²) in [5, 5.41) is 8.76. The van der Waals surface area contributed by atoms with Gasteiger partial charge in [0.1, 0.15) is 12.0 Å². The van der Waals surface area contributed by atoms with Gasteiger partial charge in [-0.2, -0.15) is 0 Å². The second-order valence-corrected chi connectivity index (χ2v) is 3.56. The Morgan fingerprint density at radius 2 is 2.25 bits per heavy atom. The highest BCUT2D eigenvalue weighted by atomic mass is 35.5. The summed E-state index contributed by atoms with van der Waals surface area (Å²) in [6.45, 7) is 0.284. The normalized spacial score (nSPS) is 9.81. The molecule has 0 aliphatic heterocycles. The van der Waals surface area contributed by atoms with Crippen LogP contribution < -0.4 is 4.74 Å². The van der Waals surface area contributed by atoms with Crippen molar-refractivity contribution < 1.29 is 19.4 Å². The molecule has 0 fully saturated rings. The maximum atomic E-state index is 10.4. The molecule has 0 saturated carbocycles. The molecule has 1 aromatic carbocycles. The Hall–Kier alpha value is -1.55. The largest absolute Gasteiger partial charge is 0.492 e. The Labute approximate surface area is 97.8 Å². The number of rotatable bonds is 6. The molecule has 0 unspecified atom stereocenters. The molecule has 16 heavy (non-hydrogen) atoms. The molecule has 1 aromatic rings. The number of carboxylic acids is 1. The number of hydrogen-bond donors (Lipinski definition) is 1. The van der Waals surface area contributed by atoms with E-state index in [0.717, 1.165) is 0 Å². The molecule has 0 radical (unpaired) electrons. The molecule has 4 nitrogen and oxygen atoms in total. The number of carbonyl (C=O) groups is 2. The number of aliphatic carboxylic acids is 1. The zero-order valence-corrected chi connectivity index (χ0v) is 9.24. The first-order valence-corrected chi connectivity index (χ1v) is 5.10. The predicted molar refractivity (Wildman–Crippen MR) is 59.2 cm³/mol. The van der Waals surface area contributed by atoms with E-state index in [1.165, 1.54) is 6.07 Å². The van der Waals surface area contributed by atoms with Gasteiger partial charge in [0.05, 0.1) is 11.6 Å². The Morgan fingerprint density at radius 3 is 2.81 bits per heavy atom. The number of aldehydes is 1.